The van der Waals surface area contributed by atoms with E-state index in [9.17, 15) is 9.90 Å². The fourth-order valence-corrected chi connectivity index (χ4v) is 3.86. The Morgan fingerprint density at radius 3 is 2.14 bits per heavy atom. The van der Waals surface area contributed by atoms with Crippen LogP contribution in [0.2, 0.25) is 0 Å². The zero-order valence-electron chi connectivity index (χ0n) is 21.2. The first-order chi connectivity index (χ1) is 18.0. The molecule has 0 unspecified atom stereocenters. The normalized spacial score (nSPS) is 14.0. The van der Waals surface area contributed by atoms with Crippen LogP contribution in [0.25, 0.3) is 22.6 Å². The van der Waals surface area contributed by atoms with Crippen LogP contribution in [0.5, 0.6) is 23.0 Å². The summed E-state index contributed by atoms with van der Waals surface area (Å²) in [6.45, 7) is -0.183. The first-order valence-electron chi connectivity index (χ1n) is 11.8. The minimum atomic E-state index is -0.253. The van der Waals surface area contributed by atoms with Crippen molar-refractivity contribution in [2.24, 2.45) is 11.0 Å². The number of nitrogens with zero attached hydrogens (tertiary/aromatic N) is 3. The monoisotopic (exact) mass is 505 g/mol. The van der Waals surface area contributed by atoms with Gasteiger partial charge in [-0.1, -0.05) is 48.7 Å². The van der Waals surface area contributed by atoms with E-state index in [1.807, 2.05) is 6.07 Å². The molecule has 0 heterocycles. The zero-order chi connectivity index (χ0) is 26.6. The number of hydrogen-bond acceptors (Lipinski definition) is 7. The zero-order valence-corrected chi connectivity index (χ0v) is 21.2. The lowest BCUT2D eigenvalue weighted by molar-refractivity contribution is -0.111. The molecule has 0 radical (unpaired) electrons. The van der Waals surface area contributed by atoms with Gasteiger partial charge in [0, 0.05) is 10.5 Å². The summed E-state index contributed by atoms with van der Waals surface area (Å²) < 4.78 is 21.3. The molecule has 0 saturated heterocycles. The Morgan fingerprint density at radius 1 is 0.973 bits per heavy atom. The maximum absolute atomic E-state index is 13.1. The molecule has 0 spiro atoms. The summed E-state index contributed by atoms with van der Waals surface area (Å²) in [4.78, 5) is 15.8. The smallest absolute Gasteiger partial charge is 0.185 e. The van der Waals surface area contributed by atoms with E-state index in [0.717, 1.165) is 24.8 Å². The summed E-state index contributed by atoms with van der Waals surface area (Å²) in [6, 6.07) is 10.6. The molecule has 0 atom stereocenters. The number of carbonyl (C=O) groups excluding carboxylic acids is 1. The summed E-state index contributed by atoms with van der Waals surface area (Å²) in [5.74, 6) is 2.08. The maximum atomic E-state index is 13.1. The molecular weight excluding hydrogens is 474 g/mol. The first kappa shape index (κ1) is 27.2. The highest BCUT2D eigenvalue weighted by Gasteiger charge is 2.23. The van der Waals surface area contributed by atoms with Crippen LogP contribution in [0.15, 0.2) is 65.0 Å². The second-order valence-corrected chi connectivity index (χ2v) is 8.42. The predicted octanol–water partition coefficient (Wildman–Crippen LogP) is 6.66. The average Bonchev–Trinajstić information content (AvgIpc) is 2.89. The van der Waals surface area contributed by atoms with Crippen LogP contribution in [0.1, 0.15) is 36.8 Å². The summed E-state index contributed by atoms with van der Waals surface area (Å²) in [5.41, 5.74) is 10.3. The summed E-state index contributed by atoms with van der Waals surface area (Å²) in [7, 11) is 4.63. The highest BCUT2D eigenvalue weighted by molar-refractivity contribution is 6.07. The molecule has 0 amide bonds. The van der Waals surface area contributed by atoms with Crippen LogP contribution in [-0.4, -0.2) is 38.9 Å². The van der Waals surface area contributed by atoms with E-state index in [1.54, 1.807) is 56.7 Å². The van der Waals surface area contributed by atoms with Gasteiger partial charge < -0.3 is 24.1 Å². The number of carbonyl (C=O) groups is 1. The molecule has 0 bridgehead atoms. The van der Waals surface area contributed by atoms with Gasteiger partial charge in [-0.05, 0) is 65.4 Å². The molecular formula is C28H31N3O6. The minimum Gasteiger partial charge on any atom is -0.508 e. The lowest BCUT2D eigenvalue weighted by Crippen LogP contribution is -2.15. The Bertz CT molecular complexity index is 1240. The van der Waals surface area contributed by atoms with Crippen molar-refractivity contribution < 1.29 is 28.8 Å². The fraction of sp³-hybridized carbons (Fsp3) is 0.321. The number of hydrogen-bond donors (Lipinski definition) is 1. The van der Waals surface area contributed by atoms with E-state index in [2.05, 4.69) is 10.0 Å². The number of ether oxygens (including phenoxy) is 4. The van der Waals surface area contributed by atoms with Gasteiger partial charge in [0.25, 0.3) is 0 Å². The molecule has 2 aromatic carbocycles. The van der Waals surface area contributed by atoms with Crippen molar-refractivity contribution in [3.8, 4) is 23.0 Å². The number of azide groups is 1. The molecule has 9 heteroatoms. The van der Waals surface area contributed by atoms with Gasteiger partial charge in [-0.15, -0.1) is 0 Å². The lowest BCUT2D eigenvalue weighted by atomic mass is 9.79. The Hall–Kier alpha value is -4.36. The lowest BCUT2D eigenvalue weighted by Gasteiger charge is -2.25. The van der Waals surface area contributed by atoms with Crippen LogP contribution >= 0.6 is 0 Å². The van der Waals surface area contributed by atoms with Crippen LogP contribution in [0, 0.1) is 5.92 Å². The standard InChI is InChI=1S/C28H31N3O6/c1-34-25-13-9-20(16-27(25)36-3)7-11-23(32)22(15-19-5-4-6-19)24(33)12-8-21-10-14-26(35-2)28(17-21)37-18-30-31-29/h7-14,16-17,19,33H,4-6,15,18H2,1-3H3/b11-7+,12-8+,24-22?. The Balaban J connectivity index is 1.84. The number of methoxy groups -OCH3 is 3. The first-order valence-corrected chi connectivity index (χ1v) is 11.8. The van der Waals surface area contributed by atoms with Crippen LogP contribution in [0.3, 0.4) is 0 Å². The van der Waals surface area contributed by atoms with Gasteiger partial charge in [0.05, 0.1) is 21.3 Å². The average molecular weight is 506 g/mol. The van der Waals surface area contributed by atoms with Gasteiger partial charge in [0.15, 0.2) is 35.5 Å². The molecule has 3 rings (SSSR count). The summed E-state index contributed by atoms with van der Waals surface area (Å²) >= 11 is 0. The number of aliphatic hydroxyl groups excluding tert-OH is 1. The van der Waals surface area contributed by atoms with Gasteiger partial charge in [0.2, 0.25) is 0 Å². The van der Waals surface area contributed by atoms with E-state index in [4.69, 9.17) is 24.5 Å². The van der Waals surface area contributed by atoms with Crippen molar-refractivity contribution in [1.29, 1.82) is 0 Å². The highest BCUT2D eigenvalue weighted by Crippen LogP contribution is 2.34. The topological polar surface area (TPSA) is 123 Å². The molecule has 1 saturated carbocycles. The number of ketones is 1. The summed E-state index contributed by atoms with van der Waals surface area (Å²) in [6.07, 6.45) is 10.1. The van der Waals surface area contributed by atoms with E-state index in [-0.39, 0.29) is 18.3 Å². The molecule has 1 fully saturated rings. The second-order valence-electron chi connectivity index (χ2n) is 8.42. The molecule has 0 aromatic heterocycles. The van der Waals surface area contributed by atoms with Gasteiger partial charge in [0.1, 0.15) is 5.76 Å². The largest absolute Gasteiger partial charge is 0.508 e. The molecule has 1 N–H and O–H groups in total. The number of benzene rings is 2. The van der Waals surface area contributed by atoms with Crippen LogP contribution < -0.4 is 18.9 Å². The third-order valence-corrected chi connectivity index (χ3v) is 6.12. The summed E-state index contributed by atoms with van der Waals surface area (Å²) in [5, 5.41) is 14.3. The van der Waals surface area contributed by atoms with Crippen molar-refractivity contribution in [3.63, 3.8) is 0 Å². The quantitative estimate of drug-likeness (QED) is 0.0811. The number of aliphatic hydroxyl groups is 1. The Morgan fingerprint density at radius 2 is 1.57 bits per heavy atom. The molecule has 2 aromatic rings. The third-order valence-electron chi connectivity index (χ3n) is 6.12. The van der Waals surface area contributed by atoms with Gasteiger partial charge in [-0.25, -0.2) is 0 Å². The SMILES string of the molecule is COc1ccc(/C=C/C(=O)C(CC2CCC2)=C(O)/C=C/c2ccc(OC)c(OCN=[N+]=[N-])c2)cc1OC. The molecule has 1 aliphatic carbocycles. The molecule has 194 valence electrons. The Labute approximate surface area is 216 Å². The maximum Gasteiger partial charge on any atom is 0.185 e. The minimum absolute atomic E-state index is 0.0822. The fourth-order valence-electron chi connectivity index (χ4n) is 3.86. The van der Waals surface area contributed by atoms with E-state index < -0.39 is 0 Å². The van der Waals surface area contributed by atoms with E-state index in [0.29, 0.717) is 46.5 Å². The van der Waals surface area contributed by atoms with E-state index in [1.165, 1.54) is 19.3 Å². The molecule has 9 nitrogen and oxygen atoms in total. The van der Waals surface area contributed by atoms with Gasteiger partial charge in [-0.2, -0.15) is 0 Å². The highest BCUT2D eigenvalue weighted by atomic mass is 16.5. The van der Waals surface area contributed by atoms with E-state index >= 15 is 0 Å². The van der Waals surface area contributed by atoms with Gasteiger partial charge in [-0.3, -0.25) is 4.79 Å². The van der Waals surface area contributed by atoms with Crippen molar-refractivity contribution in [3.05, 3.63) is 81.5 Å². The van der Waals surface area contributed by atoms with Crippen LogP contribution in [-0.2, 0) is 4.79 Å². The van der Waals surface area contributed by atoms with Crippen LogP contribution in [0.4, 0.5) is 0 Å². The Kier molecular flexibility index (Phi) is 10.0. The number of rotatable bonds is 13. The van der Waals surface area contributed by atoms with Crippen molar-refractivity contribution in [2.45, 2.75) is 25.7 Å². The van der Waals surface area contributed by atoms with Crippen molar-refractivity contribution >= 4 is 17.9 Å². The predicted molar refractivity (Wildman–Crippen MR) is 142 cm³/mol. The van der Waals surface area contributed by atoms with Gasteiger partial charge >= 0.3 is 0 Å². The molecule has 1 aliphatic rings. The third kappa shape index (κ3) is 7.56. The van der Waals surface area contributed by atoms with Crippen molar-refractivity contribution in [1.82, 2.24) is 0 Å². The molecule has 0 aliphatic heterocycles. The van der Waals surface area contributed by atoms with Crippen molar-refractivity contribution in [2.75, 3.05) is 28.1 Å². The number of allylic oxidation sites excluding steroid dienone is 3. The molecule has 37 heavy (non-hydrogen) atoms. The second kappa shape index (κ2) is 13.7.